The van der Waals surface area contributed by atoms with E-state index in [4.69, 9.17) is 11.6 Å². The van der Waals surface area contributed by atoms with Crippen molar-refractivity contribution in [2.24, 2.45) is 0 Å². The highest BCUT2D eigenvalue weighted by Crippen LogP contribution is 2.17. The van der Waals surface area contributed by atoms with Crippen LogP contribution in [0.2, 0.25) is 5.02 Å². The number of aromatic nitrogens is 2. The van der Waals surface area contributed by atoms with E-state index in [2.05, 4.69) is 5.10 Å². The van der Waals surface area contributed by atoms with Crippen molar-refractivity contribution in [1.29, 1.82) is 0 Å². The lowest BCUT2D eigenvalue weighted by atomic mass is 10.2. The molecular weight excluding hydrogens is 391 g/mol. The van der Waals surface area contributed by atoms with Crippen molar-refractivity contribution in [2.75, 3.05) is 27.2 Å². The molecule has 152 valence electrons. The lowest BCUT2D eigenvalue weighted by Crippen LogP contribution is -2.36. The van der Waals surface area contributed by atoms with Crippen LogP contribution >= 0.6 is 11.6 Å². The van der Waals surface area contributed by atoms with Crippen molar-refractivity contribution < 1.29 is 9.18 Å². The molecule has 0 atom stereocenters. The molecule has 0 N–H and O–H groups in total. The van der Waals surface area contributed by atoms with E-state index in [1.807, 2.05) is 43.3 Å². The van der Waals surface area contributed by atoms with Crippen LogP contribution in [0.1, 0.15) is 21.5 Å². The van der Waals surface area contributed by atoms with Crippen LogP contribution in [-0.2, 0) is 13.1 Å². The van der Waals surface area contributed by atoms with Crippen LogP contribution in [0, 0.1) is 5.82 Å². The summed E-state index contributed by atoms with van der Waals surface area (Å²) in [6, 6.07) is 13.8. The van der Waals surface area contributed by atoms with Gasteiger partial charge in [0, 0.05) is 30.9 Å². The highest BCUT2D eigenvalue weighted by atomic mass is 35.5. The third-order valence-corrected chi connectivity index (χ3v) is 4.93. The van der Waals surface area contributed by atoms with Crippen LogP contribution in [-0.4, -0.2) is 52.7 Å². The molecule has 29 heavy (non-hydrogen) atoms. The Morgan fingerprint density at radius 2 is 1.83 bits per heavy atom. The Labute approximate surface area is 175 Å². The summed E-state index contributed by atoms with van der Waals surface area (Å²) in [5.41, 5.74) is 2.33. The summed E-state index contributed by atoms with van der Waals surface area (Å²) >= 11 is 6.22. The number of carbonyl (C=O) groups is 1. The second kappa shape index (κ2) is 9.67. The monoisotopic (exact) mass is 414 g/mol. The van der Waals surface area contributed by atoms with Crippen LogP contribution in [0.15, 0.2) is 60.9 Å². The lowest BCUT2D eigenvalue weighted by molar-refractivity contribution is 0.0732. The van der Waals surface area contributed by atoms with Gasteiger partial charge in [-0.25, -0.2) is 4.39 Å². The summed E-state index contributed by atoms with van der Waals surface area (Å²) in [5.74, 6) is -0.401. The third kappa shape index (κ3) is 5.89. The van der Waals surface area contributed by atoms with Crippen LogP contribution in [0.5, 0.6) is 0 Å². The number of benzene rings is 2. The second-order valence-electron chi connectivity index (χ2n) is 7.17. The number of nitrogens with zero attached hydrogens (tertiary/aromatic N) is 4. The highest BCUT2D eigenvalue weighted by Gasteiger charge is 2.18. The number of amides is 1. The number of hydrogen-bond donors (Lipinski definition) is 0. The molecule has 0 unspecified atom stereocenters. The summed E-state index contributed by atoms with van der Waals surface area (Å²) in [6.45, 7) is 2.17. The molecule has 0 aliphatic heterocycles. The molecule has 3 rings (SSSR count). The van der Waals surface area contributed by atoms with Gasteiger partial charge in [-0.3, -0.25) is 9.48 Å². The number of rotatable bonds is 8. The molecule has 0 spiro atoms. The van der Waals surface area contributed by atoms with E-state index in [-0.39, 0.29) is 11.7 Å². The molecule has 7 heteroatoms. The van der Waals surface area contributed by atoms with E-state index in [1.54, 1.807) is 34.1 Å². The maximum atomic E-state index is 13.2. The smallest absolute Gasteiger partial charge is 0.257 e. The molecule has 3 aromatic rings. The van der Waals surface area contributed by atoms with Crippen molar-refractivity contribution in [1.82, 2.24) is 19.6 Å². The first-order valence-corrected chi connectivity index (χ1v) is 9.74. The fourth-order valence-corrected chi connectivity index (χ4v) is 3.12. The van der Waals surface area contributed by atoms with Crippen LogP contribution in [0.4, 0.5) is 4.39 Å². The summed E-state index contributed by atoms with van der Waals surface area (Å²) in [5, 5.41) is 4.99. The van der Waals surface area contributed by atoms with Gasteiger partial charge in [0.1, 0.15) is 5.82 Å². The van der Waals surface area contributed by atoms with Crippen LogP contribution < -0.4 is 0 Å². The van der Waals surface area contributed by atoms with Gasteiger partial charge in [0.05, 0.1) is 18.3 Å². The number of carbonyl (C=O) groups excluding carboxylic acids is 1. The van der Waals surface area contributed by atoms with E-state index < -0.39 is 0 Å². The molecule has 0 bridgehead atoms. The number of likely N-dealkylation sites (N-methyl/N-ethyl adjacent to an activating group) is 1. The third-order valence-electron chi connectivity index (χ3n) is 4.56. The van der Waals surface area contributed by atoms with Crippen molar-refractivity contribution in [3.63, 3.8) is 0 Å². The predicted molar refractivity (Wildman–Crippen MR) is 112 cm³/mol. The van der Waals surface area contributed by atoms with Gasteiger partial charge in [0.15, 0.2) is 0 Å². The zero-order chi connectivity index (χ0) is 20.8. The van der Waals surface area contributed by atoms with E-state index in [1.165, 1.54) is 12.1 Å². The van der Waals surface area contributed by atoms with Crippen molar-refractivity contribution in [2.45, 2.75) is 13.1 Å². The molecule has 1 amide bonds. The average Bonchev–Trinajstić information content (AvgIpc) is 3.16. The highest BCUT2D eigenvalue weighted by molar-refractivity contribution is 6.31. The first kappa shape index (κ1) is 21.0. The Balaban J connectivity index is 1.75. The predicted octanol–water partition coefficient (Wildman–Crippen LogP) is 3.93. The zero-order valence-corrected chi connectivity index (χ0v) is 17.3. The minimum absolute atomic E-state index is 0.110. The van der Waals surface area contributed by atoms with Gasteiger partial charge in [0.25, 0.3) is 5.91 Å². The minimum atomic E-state index is -0.291. The van der Waals surface area contributed by atoms with Gasteiger partial charge in [-0.15, -0.1) is 0 Å². The molecule has 1 aromatic heterocycles. The molecule has 0 saturated heterocycles. The van der Waals surface area contributed by atoms with Gasteiger partial charge >= 0.3 is 0 Å². The standard InChI is InChI=1S/C22H24ClFN4O/c1-26(2)11-12-27(14-17-7-9-20(24)10-8-17)22(29)19-13-25-28(16-19)15-18-5-3-4-6-21(18)23/h3-10,13,16H,11-12,14-15H2,1-2H3. The normalized spacial score (nSPS) is 11.1. The first-order valence-electron chi connectivity index (χ1n) is 9.36. The largest absolute Gasteiger partial charge is 0.333 e. The Hall–Kier alpha value is -2.70. The molecule has 0 aliphatic rings. The van der Waals surface area contributed by atoms with E-state index in [9.17, 15) is 9.18 Å². The van der Waals surface area contributed by atoms with Crippen molar-refractivity contribution in [3.05, 3.63) is 88.5 Å². The quantitative estimate of drug-likeness (QED) is 0.561. The maximum Gasteiger partial charge on any atom is 0.257 e. The van der Waals surface area contributed by atoms with Gasteiger partial charge in [0.2, 0.25) is 0 Å². The zero-order valence-electron chi connectivity index (χ0n) is 16.6. The second-order valence-corrected chi connectivity index (χ2v) is 7.58. The molecular formula is C22H24ClFN4O. The van der Waals surface area contributed by atoms with Gasteiger partial charge in [-0.05, 0) is 43.4 Å². The average molecular weight is 415 g/mol. The molecule has 2 aromatic carbocycles. The SMILES string of the molecule is CN(C)CCN(Cc1ccc(F)cc1)C(=O)c1cnn(Cc2ccccc2Cl)c1. The summed E-state index contributed by atoms with van der Waals surface area (Å²) in [4.78, 5) is 16.9. The van der Waals surface area contributed by atoms with Crippen LogP contribution in [0.3, 0.4) is 0 Å². The van der Waals surface area contributed by atoms with Gasteiger partial charge in [-0.2, -0.15) is 5.10 Å². The first-order chi connectivity index (χ1) is 13.9. The van der Waals surface area contributed by atoms with Gasteiger partial charge in [-0.1, -0.05) is 41.9 Å². The Morgan fingerprint density at radius 1 is 1.10 bits per heavy atom. The summed E-state index contributed by atoms with van der Waals surface area (Å²) in [7, 11) is 3.92. The fourth-order valence-electron chi connectivity index (χ4n) is 2.93. The number of hydrogen-bond acceptors (Lipinski definition) is 3. The molecule has 0 saturated carbocycles. The van der Waals surface area contributed by atoms with Crippen molar-refractivity contribution in [3.8, 4) is 0 Å². The summed E-state index contributed by atoms with van der Waals surface area (Å²) in [6.07, 6.45) is 3.31. The molecule has 0 aliphatic carbocycles. The lowest BCUT2D eigenvalue weighted by Gasteiger charge is -2.24. The van der Waals surface area contributed by atoms with Gasteiger partial charge < -0.3 is 9.80 Å². The molecule has 0 radical (unpaired) electrons. The Bertz CT molecular complexity index is 955. The Kier molecular flexibility index (Phi) is 7.01. The maximum absolute atomic E-state index is 13.2. The minimum Gasteiger partial charge on any atom is -0.333 e. The number of halogens is 2. The molecule has 5 nitrogen and oxygen atoms in total. The van der Waals surface area contributed by atoms with E-state index in [0.29, 0.717) is 30.2 Å². The molecule has 1 heterocycles. The van der Waals surface area contributed by atoms with Crippen molar-refractivity contribution >= 4 is 17.5 Å². The van der Waals surface area contributed by atoms with E-state index >= 15 is 0 Å². The Morgan fingerprint density at radius 3 is 2.52 bits per heavy atom. The summed E-state index contributed by atoms with van der Waals surface area (Å²) < 4.78 is 14.9. The van der Waals surface area contributed by atoms with E-state index in [0.717, 1.165) is 17.7 Å². The molecule has 0 fully saturated rings. The topological polar surface area (TPSA) is 41.4 Å². The van der Waals surface area contributed by atoms with Crippen LogP contribution in [0.25, 0.3) is 0 Å². The fraction of sp³-hybridized carbons (Fsp3) is 0.273.